The van der Waals surface area contributed by atoms with Gasteiger partial charge in [0.2, 0.25) is 5.88 Å². The first-order chi connectivity index (χ1) is 15.3. The summed E-state index contributed by atoms with van der Waals surface area (Å²) in [5.41, 5.74) is 3.57. The van der Waals surface area contributed by atoms with Crippen molar-refractivity contribution in [2.75, 3.05) is 7.11 Å². The highest BCUT2D eigenvalue weighted by molar-refractivity contribution is 7.21. The molecule has 0 amide bonds. The van der Waals surface area contributed by atoms with Crippen molar-refractivity contribution in [1.82, 2.24) is 15.0 Å². The van der Waals surface area contributed by atoms with Gasteiger partial charge in [-0.25, -0.2) is 28.1 Å². The summed E-state index contributed by atoms with van der Waals surface area (Å²) in [5, 5.41) is 0.661. The number of alkyl halides is 2. The second-order valence-corrected chi connectivity index (χ2v) is 9.08. The zero-order valence-electron chi connectivity index (χ0n) is 17.5. The lowest BCUT2D eigenvalue weighted by Crippen LogP contribution is -2.33. The maximum absolute atomic E-state index is 14.7. The Morgan fingerprint density at radius 3 is 2.75 bits per heavy atom. The summed E-state index contributed by atoms with van der Waals surface area (Å²) in [6.45, 7) is 1.95. The molecule has 5 nitrogen and oxygen atoms in total. The molecule has 0 N–H and O–H groups in total. The van der Waals surface area contributed by atoms with E-state index >= 15 is 0 Å². The fraction of sp³-hybridized carbons (Fsp3) is 0.348. The number of thiazole rings is 1. The fourth-order valence-electron chi connectivity index (χ4n) is 4.05. The highest BCUT2D eigenvalue weighted by Gasteiger charge is 2.37. The Bertz CT molecular complexity index is 1330. The molecule has 9 heteroatoms. The quantitative estimate of drug-likeness (QED) is 0.357. The van der Waals surface area contributed by atoms with Crippen molar-refractivity contribution in [2.45, 2.75) is 44.6 Å². The van der Waals surface area contributed by atoms with Crippen LogP contribution in [0.3, 0.4) is 0 Å². The molecule has 0 saturated heterocycles. The van der Waals surface area contributed by atoms with Gasteiger partial charge in [-0.1, -0.05) is 0 Å². The number of fused-ring (bicyclic) bond motifs is 2. The molecule has 0 spiro atoms. The molecular weight excluding hydrogens is 439 g/mol. The Morgan fingerprint density at radius 1 is 1.12 bits per heavy atom. The van der Waals surface area contributed by atoms with E-state index < -0.39 is 24.3 Å². The van der Waals surface area contributed by atoms with Gasteiger partial charge in [-0.2, -0.15) is 0 Å². The molecule has 1 saturated carbocycles. The molecule has 0 bridgehead atoms. The zero-order valence-corrected chi connectivity index (χ0v) is 18.3. The van der Waals surface area contributed by atoms with Crippen LogP contribution in [0.25, 0.3) is 31.8 Å². The normalized spacial score (nSPS) is 18.2. The van der Waals surface area contributed by atoms with Crippen LogP contribution in [0, 0.1) is 12.7 Å². The lowest BCUT2D eigenvalue weighted by atomic mass is 9.94. The molecule has 166 valence electrons. The molecule has 32 heavy (non-hydrogen) atoms. The topological polar surface area (TPSA) is 57.1 Å². The van der Waals surface area contributed by atoms with E-state index in [0.717, 1.165) is 11.1 Å². The number of nitrogens with zero attached hydrogens (tertiary/aromatic N) is 3. The summed E-state index contributed by atoms with van der Waals surface area (Å²) < 4.78 is 53.6. The van der Waals surface area contributed by atoms with Crippen LogP contribution in [0.4, 0.5) is 13.2 Å². The minimum Gasteiger partial charge on any atom is -0.487 e. The summed E-state index contributed by atoms with van der Waals surface area (Å²) in [7, 11) is 1.53. The predicted octanol–water partition coefficient (Wildman–Crippen LogP) is 6.32. The van der Waals surface area contributed by atoms with Crippen LogP contribution in [0.5, 0.6) is 11.6 Å². The summed E-state index contributed by atoms with van der Waals surface area (Å²) in [6, 6.07) is 6.70. The van der Waals surface area contributed by atoms with Crippen molar-refractivity contribution in [3.8, 4) is 22.2 Å². The minimum atomic E-state index is -2.77. The molecule has 5 rings (SSSR count). The number of aryl methyl sites for hydroxylation is 1. The zero-order chi connectivity index (χ0) is 22.5. The second-order valence-electron chi connectivity index (χ2n) is 8.05. The third-order valence-electron chi connectivity index (χ3n) is 5.54. The van der Waals surface area contributed by atoms with Crippen molar-refractivity contribution in [1.29, 1.82) is 0 Å². The third kappa shape index (κ3) is 3.97. The first-order valence-electron chi connectivity index (χ1n) is 10.3. The molecule has 0 unspecified atom stereocenters. The lowest BCUT2D eigenvalue weighted by Gasteiger charge is -2.29. The van der Waals surface area contributed by atoms with E-state index in [1.165, 1.54) is 24.5 Å². The van der Waals surface area contributed by atoms with Crippen LogP contribution in [0.2, 0.25) is 0 Å². The van der Waals surface area contributed by atoms with Crippen LogP contribution in [0.15, 0.2) is 30.5 Å². The molecule has 1 atom stereocenters. The van der Waals surface area contributed by atoms with Gasteiger partial charge in [-0.05, 0) is 37.5 Å². The van der Waals surface area contributed by atoms with Crippen LogP contribution in [0.1, 0.15) is 31.2 Å². The van der Waals surface area contributed by atoms with Crippen molar-refractivity contribution in [3.05, 3.63) is 41.8 Å². The summed E-state index contributed by atoms with van der Waals surface area (Å²) in [4.78, 5) is 13.5. The number of methoxy groups -OCH3 is 1. The van der Waals surface area contributed by atoms with E-state index in [0.29, 0.717) is 45.0 Å². The standard InChI is InChI=1S/C23H20F3N3O2S/c1-12-6-14(21-17(7-12)28-20(30-2)11-27-21)22-29-16-8-15(24)18(9-19(16)32-22)31-13-4-3-5-23(25,26)10-13/h6-9,11,13H,3-5,10H2,1-2H3/t13-/m1/s1. The minimum absolute atomic E-state index is 0.0194. The highest BCUT2D eigenvalue weighted by atomic mass is 32.1. The van der Waals surface area contributed by atoms with Crippen LogP contribution >= 0.6 is 11.3 Å². The predicted molar refractivity (Wildman–Crippen MR) is 117 cm³/mol. The van der Waals surface area contributed by atoms with Gasteiger partial charge in [0.25, 0.3) is 5.92 Å². The van der Waals surface area contributed by atoms with E-state index in [1.54, 1.807) is 12.3 Å². The second kappa shape index (κ2) is 7.88. The molecule has 0 aliphatic heterocycles. The molecule has 2 aromatic heterocycles. The monoisotopic (exact) mass is 459 g/mol. The Balaban J connectivity index is 1.53. The summed E-state index contributed by atoms with van der Waals surface area (Å²) >= 11 is 1.36. The number of ether oxygens (including phenoxy) is 2. The highest BCUT2D eigenvalue weighted by Crippen LogP contribution is 2.39. The van der Waals surface area contributed by atoms with E-state index in [1.807, 2.05) is 19.1 Å². The molecular formula is C23H20F3N3O2S. The summed E-state index contributed by atoms with van der Waals surface area (Å²) in [5.74, 6) is -2.98. The molecule has 1 aliphatic rings. The van der Waals surface area contributed by atoms with Crippen molar-refractivity contribution < 1.29 is 22.6 Å². The largest absolute Gasteiger partial charge is 0.487 e. The Hall–Kier alpha value is -2.94. The van der Waals surface area contributed by atoms with Crippen molar-refractivity contribution in [3.63, 3.8) is 0 Å². The number of halogens is 3. The Kier molecular flexibility index (Phi) is 5.16. The molecule has 2 heterocycles. The maximum atomic E-state index is 14.7. The van der Waals surface area contributed by atoms with Crippen LogP contribution < -0.4 is 9.47 Å². The van der Waals surface area contributed by atoms with Gasteiger partial charge in [-0.3, -0.25) is 0 Å². The first kappa shape index (κ1) is 20.9. The number of hydrogen-bond acceptors (Lipinski definition) is 6. The average Bonchev–Trinajstić information content (AvgIpc) is 3.14. The molecule has 1 fully saturated rings. The average molecular weight is 459 g/mol. The Morgan fingerprint density at radius 2 is 1.97 bits per heavy atom. The molecule has 2 aromatic carbocycles. The Labute approximate surface area is 186 Å². The van der Waals surface area contributed by atoms with E-state index in [9.17, 15) is 13.2 Å². The van der Waals surface area contributed by atoms with Gasteiger partial charge in [-0.15, -0.1) is 11.3 Å². The van der Waals surface area contributed by atoms with Crippen LogP contribution in [-0.4, -0.2) is 34.1 Å². The van der Waals surface area contributed by atoms with Gasteiger partial charge in [0, 0.05) is 30.5 Å². The SMILES string of the molecule is COc1cnc2c(-c3nc4cc(F)c(O[C@@H]5CCCC(F)(F)C5)cc4s3)cc(C)cc2n1. The van der Waals surface area contributed by atoms with Gasteiger partial charge in [0.15, 0.2) is 11.6 Å². The van der Waals surface area contributed by atoms with Gasteiger partial charge < -0.3 is 9.47 Å². The molecule has 1 aliphatic carbocycles. The fourth-order valence-corrected chi connectivity index (χ4v) is 5.04. The van der Waals surface area contributed by atoms with Gasteiger partial charge in [0.1, 0.15) is 11.1 Å². The van der Waals surface area contributed by atoms with Crippen molar-refractivity contribution in [2.24, 2.45) is 0 Å². The van der Waals surface area contributed by atoms with Crippen LogP contribution in [-0.2, 0) is 0 Å². The van der Waals surface area contributed by atoms with Crippen molar-refractivity contribution >= 4 is 32.6 Å². The number of benzene rings is 2. The molecule has 4 aromatic rings. The number of rotatable bonds is 4. The van der Waals surface area contributed by atoms with Gasteiger partial charge >= 0.3 is 0 Å². The van der Waals surface area contributed by atoms with E-state index in [-0.39, 0.29) is 12.2 Å². The maximum Gasteiger partial charge on any atom is 0.251 e. The molecule has 0 radical (unpaired) electrons. The summed E-state index contributed by atoms with van der Waals surface area (Å²) in [6.07, 6.45) is 1.14. The number of hydrogen-bond donors (Lipinski definition) is 0. The van der Waals surface area contributed by atoms with E-state index in [4.69, 9.17) is 9.47 Å². The van der Waals surface area contributed by atoms with E-state index in [2.05, 4.69) is 15.0 Å². The first-order valence-corrected chi connectivity index (χ1v) is 11.1. The van der Waals surface area contributed by atoms with Gasteiger partial charge in [0.05, 0.1) is 34.6 Å². The smallest absolute Gasteiger partial charge is 0.251 e. The third-order valence-corrected chi connectivity index (χ3v) is 6.59. The number of aromatic nitrogens is 3. The lowest BCUT2D eigenvalue weighted by molar-refractivity contribution is -0.0701.